The molecule has 0 aliphatic rings. The maximum atomic E-state index is 12.5. The molecule has 3 rings (SSSR count). The fourth-order valence-electron chi connectivity index (χ4n) is 2.82. The molecule has 0 aliphatic heterocycles. The third-order valence-corrected chi connectivity index (χ3v) is 5.26. The van der Waals surface area contributed by atoms with Gasteiger partial charge in [-0.3, -0.25) is 4.79 Å². The number of H-pyrrole nitrogens is 1. The maximum absolute atomic E-state index is 12.5. The summed E-state index contributed by atoms with van der Waals surface area (Å²) in [5.74, 6) is -0.295. The van der Waals surface area contributed by atoms with E-state index in [0.29, 0.717) is 11.4 Å². The fraction of sp³-hybridized carbons (Fsp3) is 0.167. The first-order valence-corrected chi connectivity index (χ1v) is 9.25. The molecule has 0 saturated heterocycles. The van der Waals surface area contributed by atoms with Crippen LogP contribution in [0.25, 0.3) is 10.9 Å². The van der Waals surface area contributed by atoms with E-state index in [9.17, 15) is 13.2 Å². The molecule has 0 spiro atoms. The maximum Gasteiger partial charge on any atom is 0.272 e. The van der Waals surface area contributed by atoms with Crippen molar-refractivity contribution in [1.29, 1.82) is 0 Å². The molecule has 0 radical (unpaired) electrons. The van der Waals surface area contributed by atoms with Crippen LogP contribution in [0.1, 0.15) is 27.2 Å². The first-order chi connectivity index (χ1) is 11.7. The van der Waals surface area contributed by atoms with Gasteiger partial charge in [0.1, 0.15) is 5.69 Å². The number of amides is 1. The quantitative estimate of drug-likeness (QED) is 0.671. The van der Waals surface area contributed by atoms with E-state index in [4.69, 9.17) is 5.14 Å². The Labute approximate surface area is 146 Å². The second-order valence-corrected chi connectivity index (χ2v) is 7.69. The average Bonchev–Trinajstić information content (AvgIpc) is 2.98. The Morgan fingerprint density at radius 3 is 2.28 bits per heavy atom. The van der Waals surface area contributed by atoms with Crippen LogP contribution in [0.4, 0.5) is 5.69 Å². The molecule has 0 bridgehead atoms. The minimum Gasteiger partial charge on any atom is -0.350 e. The molecule has 1 heterocycles. The van der Waals surface area contributed by atoms with Crippen LogP contribution < -0.4 is 10.5 Å². The molecule has 1 aromatic heterocycles. The van der Waals surface area contributed by atoms with E-state index in [0.717, 1.165) is 27.6 Å². The van der Waals surface area contributed by atoms with Gasteiger partial charge in [-0.15, -0.1) is 0 Å². The van der Waals surface area contributed by atoms with Crippen LogP contribution in [0, 0.1) is 20.8 Å². The summed E-state index contributed by atoms with van der Waals surface area (Å²) >= 11 is 0. The molecule has 7 heteroatoms. The van der Waals surface area contributed by atoms with Crippen LogP contribution >= 0.6 is 0 Å². The summed E-state index contributed by atoms with van der Waals surface area (Å²) in [6.07, 6.45) is 0. The smallest absolute Gasteiger partial charge is 0.272 e. The number of benzene rings is 2. The number of fused-ring (bicyclic) bond motifs is 1. The lowest BCUT2D eigenvalue weighted by Gasteiger charge is -2.05. The van der Waals surface area contributed by atoms with Crippen LogP contribution in [-0.2, 0) is 10.0 Å². The Morgan fingerprint density at radius 1 is 1.04 bits per heavy atom. The van der Waals surface area contributed by atoms with E-state index >= 15 is 0 Å². The molecule has 3 aromatic rings. The molecule has 130 valence electrons. The summed E-state index contributed by atoms with van der Waals surface area (Å²) < 4.78 is 22.5. The number of sulfonamides is 1. The Morgan fingerprint density at radius 2 is 1.68 bits per heavy atom. The zero-order valence-corrected chi connectivity index (χ0v) is 15.0. The zero-order chi connectivity index (χ0) is 18.4. The van der Waals surface area contributed by atoms with Gasteiger partial charge in [-0.25, -0.2) is 13.6 Å². The molecule has 2 aromatic carbocycles. The first-order valence-electron chi connectivity index (χ1n) is 7.70. The van der Waals surface area contributed by atoms with Gasteiger partial charge in [0.25, 0.3) is 5.91 Å². The standard InChI is InChI=1S/C18H19N3O3S/c1-10-8-11(2)15-9-16(21-17(15)12(10)3)18(22)20-13-4-6-14(7-5-13)25(19,23)24/h4-9,21H,1-3H3,(H,20,22)(H2,19,23,24). The number of nitrogens with one attached hydrogen (secondary N) is 2. The van der Waals surface area contributed by atoms with E-state index in [1.165, 1.54) is 24.3 Å². The SMILES string of the molecule is Cc1cc(C)c2cc(C(=O)Nc3ccc(S(N)(=O)=O)cc3)[nH]c2c1C. The number of carbonyl (C=O) groups is 1. The van der Waals surface area contributed by atoms with Crippen LogP contribution in [0.2, 0.25) is 0 Å². The number of primary sulfonamides is 1. The van der Waals surface area contributed by atoms with Crippen LogP contribution in [-0.4, -0.2) is 19.3 Å². The van der Waals surface area contributed by atoms with Gasteiger partial charge >= 0.3 is 0 Å². The van der Waals surface area contributed by atoms with Crippen LogP contribution in [0.5, 0.6) is 0 Å². The average molecular weight is 357 g/mol. The highest BCUT2D eigenvalue weighted by Crippen LogP contribution is 2.26. The Balaban J connectivity index is 1.90. The van der Waals surface area contributed by atoms with Gasteiger partial charge in [-0.1, -0.05) is 6.07 Å². The minimum absolute atomic E-state index is 0.00200. The monoisotopic (exact) mass is 357 g/mol. The number of hydrogen-bond donors (Lipinski definition) is 3. The van der Waals surface area contributed by atoms with Crippen molar-refractivity contribution in [2.75, 3.05) is 5.32 Å². The predicted molar refractivity (Wildman–Crippen MR) is 98.3 cm³/mol. The Hall–Kier alpha value is -2.64. The van der Waals surface area contributed by atoms with Gasteiger partial charge in [0.2, 0.25) is 10.0 Å². The number of carbonyl (C=O) groups excluding carboxylic acids is 1. The van der Waals surface area contributed by atoms with Crippen molar-refractivity contribution >= 4 is 32.5 Å². The lowest BCUT2D eigenvalue weighted by molar-refractivity contribution is 0.102. The first kappa shape index (κ1) is 17.2. The summed E-state index contributed by atoms with van der Waals surface area (Å²) in [4.78, 5) is 15.7. The van der Waals surface area contributed by atoms with Gasteiger partial charge in [0, 0.05) is 16.6 Å². The largest absolute Gasteiger partial charge is 0.350 e. The van der Waals surface area contributed by atoms with E-state index in [1.54, 1.807) is 0 Å². The Bertz CT molecular complexity index is 1080. The molecule has 1 amide bonds. The van der Waals surface area contributed by atoms with Gasteiger partial charge < -0.3 is 10.3 Å². The van der Waals surface area contributed by atoms with Gasteiger partial charge in [0.15, 0.2) is 0 Å². The number of aromatic amines is 1. The van der Waals surface area contributed by atoms with Gasteiger partial charge in [-0.05, 0) is 67.8 Å². The molecular formula is C18H19N3O3S. The normalized spacial score (nSPS) is 11.7. The molecular weight excluding hydrogens is 338 g/mol. The predicted octanol–water partition coefficient (Wildman–Crippen LogP) is 2.99. The van der Waals surface area contributed by atoms with E-state index < -0.39 is 10.0 Å². The Kier molecular flexibility index (Phi) is 4.14. The summed E-state index contributed by atoms with van der Waals surface area (Å²) in [5.41, 5.74) is 5.26. The molecule has 0 fully saturated rings. The molecule has 0 unspecified atom stereocenters. The summed E-state index contributed by atoms with van der Waals surface area (Å²) in [6.45, 7) is 6.06. The highest BCUT2D eigenvalue weighted by molar-refractivity contribution is 7.89. The number of aromatic nitrogens is 1. The lowest BCUT2D eigenvalue weighted by Crippen LogP contribution is -2.14. The molecule has 0 saturated carbocycles. The van der Waals surface area contributed by atoms with Crippen molar-refractivity contribution in [3.8, 4) is 0 Å². The van der Waals surface area contributed by atoms with E-state index in [1.807, 2.05) is 26.8 Å². The number of aryl methyl sites for hydroxylation is 3. The van der Waals surface area contributed by atoms with Gasteiger partial charge in [-0.2, -0.15) is 0 Å². The third kappa shape index (κ3) is 3.29. The lowest BCUT2D eigenvalue weighted by atomic mass is 10.0. The summed E-state index contributed by atoms with van der Waals surface area (Å²) in [7, 11) is -3.75. The number of hydrogen-bond acceptors (Lipinski definition) is 3. The van der Waals surface area contributed by atoms with Crippen molar-refractivity contribution in [2.24, 2.45) is 5.14 Å². The zero-order valence-electron chi connectivity index (χ0n) is 14.2. The van der Waals surface area contributed by atoms with Crippen LogP contribution in [0.3, 0.4) is 0 Å². The van der Waals surface area contributed by atoms with Crippen molar-refractivity contribution in [1.82, 2.24) is 4.98 Å². The van der Waals surface area contributed by atoms with Crippen molar-refractivity contribution < 1.29 is 13.2 Å². The van der Waals surface area contributed by atoms with Crippen LogP contribution in [0.15, 0.2) is 41.3 Å². The van der Waals surface area contributed by atoms with E-state index in [-0.39, 0.29) is 10.8 Å². The number of nitrogens with two attached hydrogens (primary N) is 1. The highest BCUT2D eigenvalue weighted by atomic mass is 32.2. The molecule has 6 nitrogen and oxygen atoms in total. The van der Waals surface area contributed by atoms with Gasteiger partial charge in [0.05, 0.1) is 4.90 Å². The second kappa shape index (κ2) is 6.02. The number of anilines is 1. The molecule has 0 atom stereocenters. The van der Waals surface area contributed by atoms with E-state index in [2.05, 4.69) is 16.4 Å². The minimum atomic E-state index is -3.75. The molecule has 4 N–H and O–H groups in total. The summed E-state index contributed by atoms with van der Waals surface area (Å²) in [5, 5.41) is 8.82. The second-order valence-electron chi connectivity index (χ2n) is 6.13. The van der Waals surface area contributed by atoms with Crippen molar-refractivity contribution in [2.45, 2.75) is 25.7 Å². The summed E-state index contributed by atoms with van der Waals surface area (Å²) in [6, 6.07) is 9.63. The fourth-order valence-corrected chi connectivity index (χ4v) is 3.33. The topological polar surface area (TPSA) is 105 Å². The molecule has 0 aliphatic carbocycles. The van der Waals surface area contributed by atoms with Crippen molar-refractivity contribution in [3.63, 3.8) is 0 Å². The van der Waals surface area contributed by atoms with Crippen molar-refractivity contribution in [3.05, 3.63) is 58.8 Å². The third-order valence-electron chi connectivity index (χ3n) is 4.33. The number of rotatable bonds is 3. The highest BCUT2D eigenvalue weighted by Gasteiger charge is 2.14. The molecule has 25 heavy (non-hydrogen) atoms.